The van der Waals surface area contributed by atoms with E-state index in [2.05, 4.69) is 0 Å². The first kappa shape index (κ1) is 26.2. The average molecular weight is 493 g/mol. The Balaban J connectivity index is 1.45. The van der Waals surface area contributed by atoms with E-state index >= 15 is 0 Å². The number of carboxylic acids is 1. The number of amides is 2. The number of nitrogens with zero attached hydrogens (tertiary/aromatic N) is 2. The molecule has 0 aromatic carbocycles. The van der Waals surface area contributed by atoms with Crippen LogP contribution in [0.5, 0.6) is 0 Å². The predicted molar refractivity (Wildman–Crippen MR) is 130 cm³/mol. The Morgan fingerprint density at radius 3 is 2.44 bits per heavy atom. The van der Waals surface area contributed by atoms with Crippen molar-refractivity contribution in [3.63, 3.8) is 0 Å². The number of carbonyl (C=O) groups is 4. The van der Waals surface area contributed by atoms with Gasteiger partial charge in [-0.25, -0.2) is 4.79 Å². The molecular formula is C25H36N2O6S. The van der Waals surface area contributed by atoms with Crippen molar-refractivity contribution in [2.75, 3.05) is 26.2 Å². The first-order valence-electron chi connectivity index (χ1n) is 12.2. The summed E-state index contributed by atoms with van der Waals surface area (Å²) in [6, 6.07) is 1.73. The second-order valence-corrected chi connectivity index (χ2v) is 11.3. The van der Waals surface area contributed by atoms with Gasteiger partial charge < -0.3 is 19.6 Å². The van der Waals surface area contributed by atoms with Gasteiger partial charge in [0.1, 0.15) is 5.60 Å². The van der Waals surface area contributed by atoms with E-state index in [4.69, 9.17) is 9.84 Å². The number of hydrogen-bond acceptors (Lipinski definition) is 6. The van der Waals surface area contributed by atoms with E-state index in [1.807, 2.05) is 25.7 Å². The molecule has 1 aromatic heterocycles. The zero-order valence-corrected chi connectivity index (χ0v) is 21.2. The Labute approximate surface area is 205 Å². The SMILES string of the molecule is CC(C)(C)OC(=O)N1CCC(CCN2CCc3sc(C(=O)CCCCC(=O)O)cc3C2=O)CC1. The second kappa shape index (κ2) is 11.3. The lowest BCUT2D eigenvalue weighted by Crippen LogP contribution is -2.43. The van der Waals surface area contributed by atoms with E-state index in [9.17, 15) is 19.2 Å². The maximum absolute atomic E-state index is 13.0. The standard InChI is InChI=1S/C25H36N2O6S/c1-25(2,3)33-24(32)27-13-9-17(10-14-27)8-12-26-15-11-20-18(23(26)31)16-21(34-20)19(28)6-4-5-7-22(29)30/h16-17H,4-15H2,1-3H3,(H,29,30). The van der Waals surface area contributed by atoms with E-state index in [1.165, 1.54) is 11.3 Å². The number of unbranched alkanes of at least 4 members (excludes halogenated alkanes) is 1. The van der Waals surface area contributed by atoms with Gasteiger partial charge in [0, 0.05) is 50.3 Å². The zero-order chi connectivity index (χ0) is 24.9. The van der Waals surface area contributed by atoms with Crippen LogP contribution in [0.25, 0.3) is 0 Å². The van der Waals surface area contributed by atoms with Gasteiger partial charge in [-0.15, -0.1) is 11.3 Å². The molecule has 0 atom stereocenters. The van der Waals surface area contributed by atoms with Crippen molar-refractivity contribution in [3.05, 3.63) is 21.4 Å². The topological polar surface area (TPSA) is 104 Å². The van der Waals surface area contributed by atoms with Crippen molar-refractivity contribution in [2.45, 2.75) is 77.7 Å². The molecule has 8 nitrogen and oxygen atoms in total. The van der Waals surface area contributed by atoms with Crippen molar-refractivity contribution >= 4 is 35.1 Å². The smallest absolute Gasteiger partial charge is 0.410 e. The molecule has 0 radical (unpaired) electrons. The van der Waals surface area contributed by atoms with Gasteiger partial charge in [-0.1, -0.05) is 0 Å². The van der Waals surface area contributed by atoms with Gasteiger partial charge in [0.05, 0.1) is 10.4 Å². The van der Waals surface area contributed by atoms with E-state index in [-0.39, 0.29) is 24.2 Å². The summed E-state index contributed by atoms with van der Waals surface area (Å²) < 4.78 is 5.46. The highest BCUT2D eigenvalue weighted by Crippen LogP contribution is 2.30. The molecule has 1 fully saturated rings. The molecule has 2 amide bonds. The molecule has 2 aliphatic rings. The van der Waals surface area contributed by atoms with Crippen LogP contribution in [-0.4, -0.2) is 70.4 Å². The Kier molecular flexibility index (Phi) is 8.73. The number of aliphatic carboxylic acids is 1. The molecule has 34 heavy (non-hydrogen) atoms. The third-order valence-electron chi connectivity index (χ3n) is 6.33. The minimum absolute atomic E-state index is 0.00591. The molecule has 0 saturated carbocycles. The Morgan fingerprint density at radius 1 is 1.12 bits per heavy atom. The highest BCUT2D eigenvalue weighted by atomic mass is 32.1. The zero-order valence-electron chi connectivity index (χ0n) is 20.4. The van der Waals surface area contributed by atoms with Crippen LogP contribution in [0.3, 0.4) is 0 Å². The van der Waals surface area contributed by atoms with Crippen LogP contribution in [0, 0.1) is 5.92 Å². The summed E-state index contributed by atoms with van der Waals surface area (Å²) in [5.74, 6) is -0.397. The summed E-state index contributed by atoms with van der Waals surface area (Å²) in [6.07, 6.45) is 4.63. The summed E-state index contributed by atoms with van der Waals surface area (Å²) in [5.41, 5.74) is 0.151. The minimum atomic E-state index is -0.849. The lowest BCUT2D eigenvalue weighted by Gasteiger charge is -2.34. The van der Waals surface area contributed by atoms with Crippen molar-refractivity contribution < 1.29 is 29.0 Å². The summed E-state index contributed by atoms with van der Waals surface area (Å²) in [4.78, 5) is 53.6. The Morgan fingerprint density at radius 2 is 1.79 bits per heavy atom. The fourth-order valence-corrected chi connectivity index (χ4v) is 5.52. The maximum atomic E-state index is 13.0. The number of piperidine rings is 1. The highest BCUT2D eigenvalue weighted by molar-refractivity contribution is 7.14. The number of rotatable bonds is 9. The Hall–Kier alpha value is -2.42. The largest absolute Gasteiger partial charge is 0.481 e. The second-order valence-electron chi connectivity index (χ2n) is 10.2. The Bertz CT molecular complexity index is 911. The van der Waals surface area contributed by atoms with E-state index in [1.54, 1.807) is 11.0 Å². The molecule has 3 rings (SSSR count). The summed E-state index contributed by atoms with van der Waals surface area (Å²) in [6.45, 7) is 8.31. The third-order valence-corrected chi connectivity index (χ3v) is 7.56. The van der Waals surface area contributed by atoms with E-state index < -0.39 is 11.6 Å². The molecule has 9 heteroatoms. The van der Waals surface area contributed by atoms with Crippen LogP contribution in [0.2, 0.25) is 0 Å². The molecule has 0 aliphatic carbocycles. The molecular weight excluding hydrogens is 456 g/mol. The first-order valence-corrected chi connectivity index (χ1v) is 13.0. The van der Waals surface area contributed by atoms with Crippen molar-refractivity contribution in [1.29, 1.82) is 0 Å². The van der Waals surface area contributed by atoms with Crippen molar-refractivity contribution in [3.8, 4) is 0 Å². The van der Waals surface area contributed by atoms with Gasteiger partial charge in [0.15, 0.2) is 5.78 Å². The summed E-state index contributed by atoms with van der Waals surface area (Å²) in [5, 5.41) is 8.71. The van der Waals surface area contributed by atoms with Gasteiger partial charge in [0.25, 0.3) is 5.91 Å². The maximum Gasteiger partial charge on any atom is 0.410 e. The van der Waals surface area contributed by atoms with Crippen LogP contribution < -0.4 is 0 Å². The predicted octanol–water partition coefficient (Wildman–Crippen LogP) is 4.61. The lowest BCUT2D eigenvalue weighted by atomic mass is 9.93. The molecule has 1 saturated heterocycles. The molecule has 1 N–H and O–H groups in total. The number of likely N-dealkylation sites (tertiary alicyclic amines) is 1. The number of fused-ring (bicyclic) bond motifs is 1. The van der Waals surface area contributed by atoms with Crippen molar-refractivity contribution in [1.82, 2.24) is 9.80 Å². The lowest BCUT2D eigenvalue weighted by molar-refractivity contribution is -0.137. The normalized spacial score (nSPS) is 17.0. The van der Waals surface area contributed by atoms with Gasteiger partial charge in [-0.2, -0.15) is 0 Å². The van der Waals surface area contributed by atoms with Crippen LogP contribution in [0.1, 0.15) is 90.6 Å². The van der Waals surface area contributed by atoms with Gasteiger partial charge in [-0.3, -0.25) is 14.4 Å². The van der Waals surface area contributed by atoms with E-state index in [0.717, 1.165) is 30.6 Å². The van der Waals surface area contributed by atoms with Crippen LogP contribution in [-0.2, 0) is 16.0 Å². The number of carboxylic acid groups (broad SMARTS) is 1. The molecule has 0 unspecified atom stereocenters. The minimum Gasteiger partial charge on any atom is -0.481 e. The number of ketones is 1. The third kappa shape index (κ3) is 7.29. The van der Waals surface area contributed by atoms with Crippen molar-refractivity contribution in [2.24, 2.45) is 5.92 Å². The number of carbonyl (C=O) groups excluding carboxylic acids is 3. The summed E-state index contributed by atoms with van der Waals surface area (Å²) >= 11 is 1.40. The van der Waals surface area contributed by atoms with E-state index in [0.29, 0.717) is 61.8 Å². The molecule has 2 aliphatic heterocycles. The molecule has 0 bridgehead atoms. The summed E-state index contributed by atoms with van der Waals surface area (Å²) in [7, 11) is 0. The number of Topliss-reactive ketones (excluding diaryl/α,β-unsaturated/α-hetero) is 1. The van der Waals surface area contributed by atoms with Gasteiger partial charge in [-0.05, 0) is 64.9 Å². The fraction of sp³-hybridized carbons (Fsp3) is 0.680. The van der Waals surface area contributed by atoms with Gasteiger partial charge in [0.2, 0.25) is 0 Å². The monoisotopic (exact) mass is 492 g/mol. The highest BCUT2D eigenvalue weighted by Gasteiger charge is 2.30. The van der Waals surface area contributed by atoms with Crippen LogP contribution in [0.15, 0.2) is 6.07 Å². The number of thiophene rings is 1. The number of ether oxygens (including phenoxy) is 1. The average Bonchev–Trinajstić information content (AvgIpc) is 3.20. The molecule has 1 aromatic rings. The quantitative estimate of drug-likeness (QED) is 0.399. The van der Waals surface area contributed by atoms with Crippen LogP contribution >= 0.6 is 11.3 Å². The molecule has 188 valence electrons. The molecule has 3 heterocycles. The first-order chi connectivity index (χ1) is 16.0. The van der Waals surface area contributed by atoms with Crippen LogP contribution in [0.4, 0.5) is 4.79 Å². The number of hydrogen-bond donors (Lipinski definition) is 1. The molecule has 0 spiro atoms. The van der Waals surface area contributed by atoms with Gasteiger partial charge >= 0.3 is 12.1 Å². The fourth-order valence-electron chi connectivity index (χ4n) is 4.41.